The van der Waals surface area contributed by atoms with Crippen LogP contribution in [0.1, 0.15) is 44.4 Å². The van der Waals surface area contributed by atoms with Crippen LogP contribution in [0.2, 0.25) is 0 Å². The zero-order chi connectivity index (χ0) is 15.5. The van der Waals surface area contributed by atoms with Crippen LogP contribution in [0.5, 0.6) is 0 Å². The van der Waals surface area contributed by atoms with Crippen LogP contribution in [0, 0.1) is 17.0 Å². The third-order valence-corrected chi connectivity index (χ3v) is 2.68. The third-order valence-electron chi connectivity index (χ3n) is 2.68. The Morgan fingerprint density at radius 1 is 1.45 bits per heavy atom. The summed E-state index contributed by atoms with van der Waals surface area (Å²) >= 11 is 0. The maximum absolute atomic E-state index is 11.7. The SMILES string of the molecule is Cc1c([C@@H](O)CC(=O)OC(C)(C)C)cccc1[N+](=O)[O-]. The van der Waals surface area contributed by atoms with Gasteiger partial charge in [-0.15, -0.1) is 0 Å². The number of nitro benzene ring substituents is 1. The van der Waals surface area contributed by atoms with Gasteiger partial charge in [0, 0.05) is 11.6 Å². The van der Waals surface area contributed by atoms with Crippen LogP contribution < -0.4 is 0 Å². The van der Waals surface area contributed by atoms with Gasteiger partial charge in [0.15, 0.2) is 0 Å². The van der Waals surface area contributed by atoms with E-state index in [-0.39, 0.29) is 12.1 Å². The van der Waals surface area contributed by atoms with Crippen molar-refractivity contribution in [3.8, 4) is 0 Å². The summed E-state index contributed by atoms with van der Waals surface area (Å²) in [5.74, 6) is -0.545. The number of nitrogens with zero attached hydrogens (tertiary/aromatic N) is 1. The molecule has 110 valence electrons. The molecule has 0 aliphatic heterocycles. The number of ether oxygens (including phenoxy) is 1. The number of hydrogen-bond acceptors (Lipinski definition) is 5. The normalized spacial score (nSPS) is 12.8. The van der Waals surface area contributed by atoms with Crippen molar-refractivity contribution >= 4 is 11.7 Å². The maximum Gasteiger partial charge on any atom is 0.309 e. The van der Waals surface area contributed by atoms with Gasteiger partial charge in [0.1, 0.15) is 5.60 Å². The van der Waals surface area contributed by atoms with E-state index in [0.717, 1.165) is 0 Å². The number of hydrogen-bond donors (Lipinski definition) is 1. The molecule has 0 saturated carbocycles. The smallest absolute Gasteiger partial charge is 0.309 e. The van der Waals surface area contributed by atoms with E-state index in [1.54, 1.807) is 33.8 Å². The highest BCUT2D eigenvalue weighted by atomic mass is 16.6. The lowest BCUT2D eigenvalue weighted by atomic mass is 10.00. The van der Waals surface area contributed by atoms with Crippen molar-refractivity contribution in [1.29, 1.82) is 0 Å². The molecule has 20 heavy (non-hydrogen) atoms. The van der Waals surface area contributed by atoms with Crippen molar-refractivity contribution in [3.05, 3.63) is 39.4 Å². The Balaban J connectivity index is 2.88. The highest BCUT2D eigenvalue weighted by Gasteiger charge is 2.23. The largest absolute Gasteiger partial charge is 0.460 e. The van der Waals surface area contributed by atoms with Gasteiger partial charge in [-0.3, -0.25) is 14.9 Å². The first kappa shape index (κ1) is 16.1. The zero-order valence-corrected chi connectivity index (χ0v) is 12.0. The molecular formula is C14H19NO5. The van der Waals surface area contributed by atoms with E-state index in [0.29, 0.717) is 11.1 Å². The van der Waals surface area contributed by atoms with Gasteiger partial charge < -0.3 is 9.84 Å². The van der Waals surface area contributed by atoms with E-state index in [1.165, 1.54) is 12.1 Å². The number of rotatable bonds is 4. The molecule has 1 rings (SSSR count). The van der Waals surface area contributed by atoms with Crippen LogP contribution in [-0.2, 0) is 9.53 Å². The zero-order valence-electron chi connectivity index (χ0n) is 12.0. The van der Waals surface area contributed by atoms with E-state index in [9.17, 15) is 20.0 Å². The summed E-state index contributed by atoms with van der Waals surface area (Å²) in [7, 11) is 0. The van der Waals surface area contributed by atoms with Gasteiger partial charge in [0.2, 0.25) is 0 Å². The Morgan fingerprint density at radius 2 is 2.05 bits per heavy atom. The molecule has 0 bridgehead atoms. The lowest BCUT2D eigenvalue weighted by Gasteiger charge is -2.21. The summed E-state index contributed by atoms with van der Waals surface area (Å²) in [6.07, 6.45) is -1.36. The maximum atomic E-state index is 11.7. The van der Waals surface area contributed by atoms with Gasteiger partial charge in [-0.1, -0.05) is 12.1 Å². The number of benzene rings is 1. The number of esters is 1. The van der Waals surface area contributed by atoms with Gasteiger partial charge in [-0.05, 0) is 33.3 Å². The Kier molecular flexibility index (Phi) is 4.83. The molecule has 1 aromatic rings. The van der Waals surface area contributed by atoms with Gasteiger partial charge in [0.05, 0.1) is 17.4 Å². The van der Waals surface area contributed by atoms with Crippen molar-refractivity contribution in [2.45, 2.75) is 45.8 Å². The fourth-order valence-corrected chi connectivity index (χ4v) is 1.85. The van der Waals surface area contributed by atoms with E-state index in [1.807, 2.05) is 0 Å². The molecule has 0 aliphatic rings. The molecule has 1 aromatic carbocycles. The van der Waals surface area contributed by atoms with Crippen molar-refractivity contribution in [2.24, 2.45) is 0 Å². The monoisotopic (exact) mass is 281 g/mol. The molecule has 0 radical (unpaired) electrons. The van der Waals surface area contributed by atoms with Crippen LogP contribution in [0.4, 0.5) is 5.69 Å². The summed E-state index contributed by atoms with van der Waals surface area (Å²) in [5, 5.41) is 20.9. The third kappa shape index (κ3) is 4.31. The molecular weight excluding hydrogens is 262 g/mol. The molecule has 0 aromatic heterocycles. The van der Waals surface area contributed by atoms with Crippen LogP contribution in [0.25, 0.3) is 0 Å². The Hall–Kier alpha value is -1.95. The fourth-order valence-electron chi connectivity index (χ4n) is 1.85. The molecule has 0 fully saturated rings. The standard InChI is InChI=1S/C14H19NO5/c1-9-10(6-5-7-11(9)15(18)19)12(16)8-13(17)20-14(2,3)4/h5-7,12,16H,8H2,1-4H3/t12-/m0/s1. The second-order valence-corrected chi connectivity index (χ2v) is 5.55. The lowest BCUT2D eigenvalue weighted by Crippen LogP contribution is -2.25. The summed E-state index contributed by atoms with van der Waals surface area (Å²) in [5.41, 5.74) is 0.0125. The van der Waals surface area contributed by atoms with Gasteiger partial charge in [0.25, 0.3) is 5.69 Å². The topological polar surface area (TPSA) is 89.7 Å². The number of aliphatic hydroxyl groups excluding tert-OH is 1. The fraction of sp³-hybridized carbons (Fsp3) is 0.500. The number of nitro groups is 1. The lowest BCUT2D eigenvalue weighted by molar-refractivity contribution is -0.385. The predicted octanol–water partition coefficient (Wildman–Crippen LogP) is 2.67. The summed E-state index contributed by atoms with van der Waals surface area (Å²) < 4.78 is 5.11. The Morgan fingerprint density at radius 3 is 2.55 bits per heavy atom. The van der Waals surface area contributed by atoms with Crippen LogP contribution in [0.15, 0.2) is 18.2 Å². The first-order valence-corrected chi connectivity index (χ1v) is 6.25. The molecule has 1 N–H and O–H groups in total. The quantitative estimate of drug-likeness (QED) is 0.520. The van der Waals surface area contributed by atoms with E-state index in [2.05, 4.69) is 0 Å². The van der Waals surface area contributed by atoms with Gasteiger partial charge >= 0.3 is 5.97 Å². The average molecular weight is 281 g/mol. The first-order chi connectivity index (χ1) is 9.11. The number of aliphatic hydroxyl groups is 1. The second kappa shape index (κ2) is 6.00. The second-order valence-electron chi connectivity index (χ2n) is 5.55. The Bertz CT molecular complexity index is 519. The van der Waals surface area contributed by atoms with Crippen molar-refractivity contribution in [2.75, 3.05) is 0 Å². The van der Waals surface area contributed by atoms with Gasteiger partial charge in [-0.2, -0.15) is 0 Å². The summed E-state index contributed by atoms with van der Waals surface area (Å²) in [4.78, 5) is 22.0. The molecule has 1 atom stereocenters. The van der Waals surface area contributed by atoms with E-state index < -0.39 is 22.6 Å². The van der Waals surface area contributed by atoms with Crippen LogP contribution in [-0.4, -0.2) is 21.6 Å². The Labute approximate surface area is 117 Å². The molecule has 6 nitrogen and oxygen atoms in total. The van der Waals surface area contributed by atoms with Crippen molar-refractivity contribution in [1.82, 2.24) is 0 Å². The number of carbonyl (C=O) groups is 1. The summed E-state index contributed by atoms with van der Waals surface area (Å²) in [6, 6.07) is 4.41. The number of carbonyl (C=O) groups excluding carboxylic acids is 1. The van der Waals surface area contributed by atoms with Crippen molar-refractivity contribution < 1.29 is 19.6 Å². The highest BCUT2D eigenvalue weighted by Crippen LogP contribution is 2.28. The molecule has 0 unspecified atom stereocenters. The van der Waals surface area contributed by atoms with Gasteiger partial charge in [-0.25, -0.2) is 0 Å². The average Bonchev–Trinajstić information content (AvgIpc) is 2.25. The minimum absolute atomic E-state index is 0.0780. The molecule has 6 heteroatoms. The minimum Gasteiger partial charge on any atom is -0.460 e. The van der Waals surface area contributed by atoms with E-state index >= 15 is 0 Å². The van der Waals surface area contributed by atoms with Crippen LogP contribution >= 0.6 is 0 Å². The van der Waals surface area contributed by atoms with E-state index in [4.69, 9.17) is 4.74 Å². The van der Waals surface area contributed by atoms with Crippen LogP contribution in [0.3, 0.4) is 0 Å². The molecule has 0 amide bonds. The molecule has 0 aliphatic carbocycles. The molecule has 0 saturated heterocycles. The van der Waals surface area contributed by atoms with Crippen molar-refractivity contribution in [3.63, 3.8) is 0 Å². The highest BCUT2D eigenvalue weighted by molar-refractivity contribution is 5.71. The summed E-state index contributed by atoms with van der Waals surface area (Å²) in [6.45, 7) is 6.74. The predicted molar refractivity (Wildman–Crippen MR) is 73.3 cm³/mol. The first-order valence-electron chi connectivity index (χ1n) is 6.25. The molecule has 0 spiro atoms. The molecule has 0 heterocycles. The minimum atomic E-state index is -1.12.